The number of amides is 1. The Morgan fingerprint density at radius 3 is 2.08 bits per heavy atom. The summed E-state index contributed by atoms with van der Waals surface area (Å²) in [6, 6.07) is 26.3. The van der Waals surface area contributed by atoms with Gasteiger partial charge in [0, 0.05) is 11.1 Å². The van der Waals surface area contributed by atoms with Crippen molar-refractivity contribution in [1.82, 2.24) is 0 Å². The van der Waals surface area contributed by atoms with Gasteiger partial charge in [-0.1, -0.05) is 72.8 Å². The van der Waals surface area contributed by atoms with Gasteiger partial charge in [0.2, 0.25) is 0 Å². The highest BCUT2D eigenvalue weighted by Crippen LogP contribution is 2.41. The van der Waals surface area contributed by atoms with E-state index in [1.165, 1.54) is 5.56 Å². The monoisotopic (exact) mass is 327 g/mol. The first-order chi connectivity index (χ1) is 11.8. The van der Waals surface area contributed by atoms with Gasteiger partial charge in [0.1, 0.15) is 9.85 Å². The van der Waals surface area contributed by atoms with Crippen LogP contribution in [0.15, 0.2) is 78.9 Å². The van der Waals surface area contributed by atoms with Crippen molar-refractivity contribution in [2.24, 2.45) is 0 Å². The predicted molar refractivity (Wildman–Crippen MR) is 102 cm³/mol. The van der Waals surface area contributed by atoms with Crippen LogP contribution in [0, 0.1) is 0 Å². The third-order valence-corrected chi connectivity index (χ3v) is 5.64. The van der Waals surface area contributed by atoms with Gasteiger partial charge >= 0.3 is 0 Å². The van der Waals surface area contributed by atoms with Gasteiger partial charge in [0.05, 0.1) is 5.69 Å². The number of anilines is 1. The van der Waals surface area contributed by atoms with Crippen molar-refractivity contribution >= 4 is 32.4 Å². The van der Waals surface area contributed by atoms with E-state index in [2.05, 4.69) is 24.3 Å². The molecule has 3 aromatic carbocycles. The lowest BCUT2D eigenvalue weighted by molar-refractivity contribution is -0.111. The van der Waals surface area contributed by atoms with Gasteiger partial charge in [-0.05, 0) is 17.2 Å². The summed E-state index contributed by atoms with van der Waals surface area (Å²) in [6.07, 6.45) is 0. The number of hydrogen-bond acceptors (Lipinski definition) is 1. The number of carbonyl (C=O) groups excluding carboxylic acids is 1. The molecule has 2 heterocycles. The Kier molecular flexibility index (Phi) is 2.84. The average molecular weight is 327 g/mol. The summed E-state index contributed by atoms with van der Waals surface area (Å²) in [7, 11) is 1.57. The zero-order valence-corrected chi connectivity index (χ0v) is 13.6. The Morgan fingerprint density at radius 1 is 0.667 bits per heavy atom. The van der Waals surface area contributed by atoms with Crippen molar-refractivity contribution in [3.63, 3.8) is 0 Å². The number of para-hydroxylation sites is 1. The van der Waals surface area contributed by atoms with E-state index in [4.69, 9.17) is 0 Å². The number of hydrogen-bond donors (Lipinski definition) is 0. The van der Waals surface area contributed by atoms with E-state index >= 15 is 0 Å². The van der Waals surface area contributed by atoms with Crippen LogP contribution in [-0.2, 0) is 4.79 Å². The molecule has 2 aliphatic rings. The van der Waals surface area contributed by atoms with Crippen molar-refractivity contribution in [3.05, 3.63) is 90.0 Å². The molecule has 0 saturated carbocycles. The Morgan fingerprint density at radius 2 is 1.29 bits per heavy atom. The first kappa shape index (κ1) is 13.5. The third kappa shape index (κ3) is 1.79. The Hall–Kier alpha value is -2.91. The van der Waals surface area contributed by atoms with Crippen LogP contribution in [0.3, 0.4) is 0 Å². The highest BCUT2D eigenvalue weighted by molar-refractivity contribution is 8.01. The van der Waals surface area contributed by atoms with E-state index in [1.54, 1.807) is 10.9 Å². The smallest absolute Gasteiger partial charge is 0.267 e. The molecule has 0 fully saturated rings. The van der Waals surface area contributed by atoms with Gasteiger partial charge in [0.15, 0.2) is 0 Å². The first-order valence-electron chi connectivity index (χ1n) is 7.85. The molecule has 0 spiro atoms. The van der Waals surface area contributed by atoms with E-state index in [1.807, 2.05) is 59.5 Å². The van der Waals surface area contributed by atoms with Crippen LogP contribution in [0.2, 0.25) is 0 Å². The van der Waals surface area contributed by atoms with Crippen molar-refractivity contribution in [2.45, 2.75) is 0 Å². The van der Waals surface area contributed by atoms with Crippen LogP contribution >= 0.6 is 10.9 Å². The highest BCUT2D eigenvalue weighted by Gasteiger charge is 2.36. The molecule has 0 saturated heterocycles. The molecule has 0 radical (unpaired) electrons. The maximum absolute atomic E-state index is 13.2. The summed E-state index contributed by atoms with van der Waals surface area (Å²) in [5.74, 6) is 0.0585. The molecule has 0 aliphatic carbocycles. The summed E-state index contributed by atoms with van der Waals surface area (Å²) < 4.78 is 0. The molecule has 0 N–H and O–H groups in total. The lowest BCUT2D eigenvalue weighted by atomic mass is 9.93. The van der Waals surface area contributed by atoms with Crippen LogP contribution in [0.1, 0.15) is 11.1 Å². The number of rotatable bonds is 1. The van der Waals surface area contributed by atoms with E-state index in [0.717, 1.165) is 32.2 Å². The lowest BCUT2D eigenvalue weighted by Crippen LogP contribution is -2.39. The molecule has 2 aliphatic heterocycles. The number of nitrogens with zero attached hydrogens (tertiary/aromatic N) is 1. The normalized spacial score (nSPS) is 14.8. The van der Waals surface area contributed by atoms with Gasteiger partial charge in [-0.15, -0.1) is 10.9 Å². The molecule has 114 valence electrons. The zero-order valence-electron chi connectivity index (χ0n) is 12.8. The van der Waals surface area contributed by atoms with Crippen LogP contribution in [0.5, 0.6) is 0 Å². The molecule has 24 heavy (non-hydrogen) atoms. The largest absolute Gasteiger partial charge is 0.274 e. The summed E-state index contributed by atoms with van der Waals surface area (Å²) in [5, 5.41) is 0. The lowest BCUT2D eigenvalue weighted by Gasteiger charge is -2.29. The molecule has 5 rings (SSSR count). The summed E-state index contributed by atoms with van der Waals surface area (Å²) in [4.78, 5) is 16.8. The van der Waals surface area contributed by atoms with Gasteiger partial charge in [-0.2, -0.15) is 0 Å². The molecule has 0 bridgehead atoms. The van der Waals surface area contributed by atoms with Crippen molar-refractivity contribution < 1.29 is 4.79 Å². The van der Waals surface area contributed by atoms with E-state index < -0.39 is 0 Å². The second-order valence-corrected chi connectivity index (χ2v) is 6.80. The maximum Gasteiger partial charge on any atom is 0.274 e. The van der Waals surface area contributed by atoms with Gasteiger partial charge in [-0.3, -0.25) is 9.69 Å². The van der Waals surface area contributed by atoms with E-state index in [0.29, 0.717) is 0 Å². The molecule has 2 nitrogen and oxygen atoms in total. The SMILES string of the molecule is O=C1C(c2ccccc2)=S=C2c3ccccc3-c3ccccc3N12. The second-order valence-electron chi connectivity index (χ2n) is 5.81. The quantitative estimate of drug-likeness (QED) is 0.615. The minimum absolute atomic E-state index is 0.0585. The molecule has 0 atom stereocenters. The number of fused-ring (bicyclic) bond motifs is 6. The van der Waals surface area contributed by atoms with Crippen LogP contribution in [0.4, 0.5) is 5.69 Å². The summed E-state index contributed by atoms with van der Waals surface area (Å²) >= 11 is 0. The Labute approximate surface area is 143 Å². The number of carbonyl (C=O) groups is 1. The maximum atomic E-state index is 13.2. The second kappa shape index (κ2) is 5.05. The molecular weight excluding hydrogens is 314 g/mol. The van der Waals surface area contributed by atoms with Crippen molar-refractivity contribution in [2.75, 3.05) is 4.90 Å². The zero-order chi connectivity index (χ0) is 16.1. The average Bonchev–Trinajstić information content (AvgIpc) is 3.01. The standard InChI is InChI=1S/C21H13NOS/c23-20-19(14-8-2-1-3-9-14)24-21-17-12-5-4-10-15(17)16-11-6-7-13-18(16)22(20)21/h1-13H. The third-order valence-electron chi connectivity index (χ3n) is 4.43. The molecule has 3 heteroatoms. The van der Waals surface area contributed by atoms with E-state index in [9.17, 15) is 4.79 Å². The van der Waals surface area contributed by atoms with E-state index in [-0.39, 0.29) is 5.91 Å². The topological polar surface area (TPSA) is 20.3 Å². The minimum Gasteiger partial charge on any atom is -0.267 e. The van der Waals surface area contributed by atoms with Crippen LogP contribution in [0.25, 0.3) is 11.1 Å². The fraction of sp³-hybridized carbons (Fsp3) is 0. The molecular formula is C21H13NOS. The Bertz CT molecular complexity index is 1060. The molecule has 1 amide bonds. The van der Waals surface area contributed by atoms with Crippen molar-refractivity contribution in [3.8, 4) is 11.1 Å². The fourth-order valence-electron chi connectivity index (χ4n) is 3.35. The fourth-order valence-corrected chi connectivity index (χ4v) is 4.53. The Balaban J connectivity index is 1.82. The van der Waals surface area contributed by atoms with Crippen LogP contribution < -0.4 is 4.90 Å². The van der Waals surface area contributed by atoms with Gasteiger partial charge < -0.3 is 0 Å². The van der Waals surface area contributed by atoms with Gasteiger partial charge in [-0.25, -0.2) is 0 Å². The predicted octanol–water partition coefficient (Wildman–Crippen LogP) is 4.15. The molecule has 0 aromatic heterocycles. The molecule has 3 aromatic rings. The highest BCUT2D eigenvalue weighted by atomic mass is 32.1. The minimum atomic E-state index is 0.0585. The van der Waals surface area contributed by atoms with Crippen LogP contribution in [-0.4, -0.2) is 15.8 Å². The summed E-state index contributed by atoms with van der Waals surface area (Å²) in [5.41, 5.74) is 5.37. The summed E-state index contributed by atoms with van der Waals surface area (Å²) in [6.45, 7) is 0. The first-order valence-corrected chi connectivity index (χ1v) is 8.67. The van der Waals surface area contributed by atoms with Crippen molar-refractivity contribution in [1.29, 1.82) is 0 Å². The molecule has 0 unspecified atom stereocenters. The number of benzene rings is 3. The van der Waals surface area contributed by atoms with Gasteiger partial charge in [0.25, 0.3) is 5.91 Å².